The maximum atomic E-state index is 13.0. The summed E-state index contributed by atoms with van der Waals surface area (Å²) in [6, 6.07) is 8.55. The van der Waals surface area contributed by atoms with Crippen molar-refractivity contribution in [3.63, 3.8) is 0 Å². The van der Waals surface area contributed by atoms with Crippen molar-refractivity contribution >= 4 is 47.0 Å². The van der Waals surface area contributed by atoms with Gasteiger partial charge in [-0.05, 0) is 24.6 Å². The van der Waals surface area contributed by atoms with Crippen LogP contribution >= 0.6 is 23.4 Å². The van der Waals surface area contributed by atoms with Gasteiger partial charge in [0.25, 0.3) is 0 Å². The molecule has 170 valence electrons. The predicted octanol–water partition coefficient (Wildman–Crippen LogP) is 1.99. The molecule has 1 aromatic carbocycles. The number of hydrogen-bond acceptors (Lipinski definition) is 8. The molecule has 0 aliphatic carbocycles. The van der Waals surface area contributed by atoms with Crippen LogP contribution in [0.2, 0.25) is 5.02 Å². The van der Waals surface area contributed by atoms with Crippen LogP contribution in [0, 0.1) is 12.8 Å². The monoisotopic (exact) mass is 478 g/mol. The van der Waals surface area contributed by atoms with Crippen LogP contribution in [0.5, 0.6) is 0 Å². The lowest BCUT2D eigenvalue weighted by molar-refractivity contribution is -0.140. The number of aromatic nitrogens is 1. The van der Waals surface area contributed by atoms with Gasteiger partial charge in [0.2, 0.25) is 11.8 Å². The minimum Gasteiger partial charge on any atom is -0.360 e. The minimum absolute atomic E-state index is 0.0731. The number of rotatable bonds is 5. The molecule has 2 fully saturated rings. The van der Waals surface area contributed by atoms with Crippen molar-refractivity contribution in [2.45, 2.75) is 24.6 Å². The maximum absolute atomic E-state index is 13.0. The third-order valence-electron chi connectivity index (χ3n) is 5.43. The van der Waals surface area contributed by atoms with Gasteiger partial charge in [-0.3, -0.25) is 25.1 Å². The van der Waals surface area contributed by atoms with Gasteiger partial charge >= 0.3 is 6.03 Å². The van der Waals surface area contributed by atoms with Crippen molar-refractivity contribution < 1.29 is 18.9 Å². The van der Waals surface area contributed by atoms with Crippen molar-refractivity contribution in [3.05, 3.63) is 46.7 Å². The highest BCUT2D eigenvalue weighted by atomic mass is 35.5. The van der Waals surface area contributed by atoms with Crippen LogP contribution in [-0.4, -0.2) is 64.2 Å². The highest BCUT2D eigenvalue weighted by Crippen LogP contribution is 2.34. The van der Waals surface area contributed by atoms with Gasteiger partial charge in [0, 0.05) is 25.2 Å². The highest BCUT2D eigenvalue weighted by molar-refractivity contribution is 8.00. The zero-order chi connectivity index (χ0) is 23.0. The van der Waals surface area contributed by atoms with Crippen LogP contribution in [0.25, 0.3) is 0 Å². The van der Waals surface area contributed by atoms with Crippen LogP contribution in [0.3, 0.4) is 0 Å². The lowest BCUT2D eigenvalue weighted by Gasteiger charge is -2.50. The number of carbonyl (C=O) groups excluding carboxylic acids is 3. The van der Waals surface area contributed by atoms with Gasteiger partial charge in [-0.1, -0.05) is 28.9 Å². The SMILES string of the molecule is Cc1cc(NC(=O)CSC2NC(c3cccc(Cl)c3)NC3C2C(=O)N(C)C(=O)N3C)no1. The third kappa shape index (κ3) is 4.46. The van der Waals surface area contributed by atoms with Gasteiger partial charge in [0.05, 0.1) is 29.4 Å². The molecule has 4 amide bonds. The average Bonchev–Trinajstić information content (AvgIpc) is 3.18. The molecule has 12 heteroatoms. The number of urea groups is 1. The first-order valence-electron chi connectivity index (χ1n) is 9.91. The Morgan fingerprint density at radius 1 is 1.28 bits per heavy atom. The Labute approximate surface area is 194 Å². The molecule has 0 saturated carbocycles. The number of carbonyl (C=O) groups is 3. The van der Waals surface area contributed by atoms with Gasteiger partial charge in [-0.15, -0.1) is 11.8 Å². The molecule has 2 aliphatic heterocycles. The van der Waals surface area contributed by atoms with E-state index in [1.165, 1.54) is 23.7 Å². The molecule has 2 saturated heterocycles. The molecular formula is C20H23ClN6O4S. The van der Waals surface area contributed by atoms with E-state index in [0.29, 0.717) is 16.6 Å². The van der Waals surface area contributed by atoms with Crippen molar-refractivity contribution in [1.29, 1.82) is 0 Å². The zero-order valence-corrected chi connectivity index (χ0v) is 19.2. The Bertz CT molecular complexity index is 1050. The molecule has 32 heavy (non-hydrogen) atoms. The summed E-state index contributed by atoms with van der Waals surface area (Å²) in [5.41, 5.74) is 0.858. The quantitative estimate of drug-likeness (QED) is 0.596. The zero-order valence-electron chi connectivity index (χ0n) is 17.7. The molecule has 1 aromatic heterocycles. The summed E-state index contributed by atoms with van der Waals surface area (Å²) in [6.07, 6.45) is -0.921. The number of amides is 4. The Kier molecular flexibility index (Phi) is 6.42. The van der Waals surface area contributed by atoms with Crippen LogP contribution in [0.4, 0.5) is 10.6 Å². The van der Waals surface area contributed by atoms with Gasteiger partial charge in [0.1, 0.15) is 5.76 Å². The number of halogens is 1. The van der Waals surface area contributed by atoms with E-state index in [0.717, 1.165) is 10.5 Å². The maximum Gasteiger partial charge on any atom is 0.327 e. The fourth-order valence-corrected chi connectivity index (χ4v) is 5.15. The molecule has 3 N–H and O–H groups in total. The van der Waals surface area contributed by atoms with E-state index in [4.69, 9.17) is 16.1 Å². The van der Waals surface area contributed by atoms with Crippen molar-refractivity contribution in [1.82, 2.24) is 25.6 Å². The normalized spacial score (nSPS) is 25.6. The predicted molar refractivity (Wildman–Crippen MR) is 120 cm³/mol. The molecule has 4 rings (SSSR count). The van der Waals surface area contributed by atoms with E-state index in [-0.39, 0.29) is 23.7 Å². The van der Waals surface area contributed by atoms with Crippen molar-refractivity contribution in [3.8, 4) is 0 Å². The van der Waals surface area contributed by atoms with E-state index < -0.39 is 23.5 Å². The molecule has 3 heterocycles. The molecule has 10 nitrogen and oxygen atoms in total. The molecular weight excluding hydrogens is 456 g/mol. The van der Waals surface area contributed by atoms with E-state index in [1.54, 1.807) is 26.1 Å². The number of anilines is 1. The summed E-state index contributed by atoms with van der Waals surface area (Å²) in [7, 11) is 3.11. The first-order valence-corrected chi connectivity index (χ1v) is 11.3. The summed E-state index contributed by atoms with van der Waals surface area (Å²) < 4.78 is 4.96. The molecule has 4 atom stereocenters. The molecule has 4 unspecified atom stereocenters. The summed E-state index contributed by atoms with van der Waals surface area (Å²) in [4.78, 5) is 40.6. The van der Waals surface area contributed by atoms with E-state index >= 15 is 0 Å². The van der Waals surface area contributed by atoms with Crippen molar-refractivity contribution in [2.75, 3.05) is 25.2 Å². The molecule has 2 aliphatic rings. The number of hydrogen-bond donors (Lipinski definition) is 3. The Morgan fingerprint density at radius 2 is 2.06 bits per heavy atom. The molecule has 0 spiro atoms. The van der Waals surface area contributed by atoms with E-state index in [1.807, 2.05) is 18.2 Å². The average molecular weight is 479 g/mol. The second-order valence-electron chi connectivity index (χ2n) is 7.69. The Hall–Kier alpha value is -2.60. The number of nitrogens with one attached hydrogen (secondary N) is 3. The van der Waals surface area contributed by atoms with Gasteiger partial charge < -0.3 is 14.7 Å². The molecule has 2 aromatic rings. The third-order valence-corrected chi connectivity index (χ3v) is 6.88. The Morgan fingerprint density at radius 3 is 2.75 bits per heavy atom. The second-order valence-corrected chi connectivity index (χ2v) is 9.25. The first kappa shape index (κ1) is 22.6. The minimum atomic E-state index is -0.592. The number of aryl methyl sites for hydroxylation is 1. The number of benzene rings is 1. The number of thioether (sulfide) groups is 1. The van der Waals surface area contributed by atoms with Crippen molar-refractivity contribution in [2.24, 2.45) is 5.92 Å². The Balaban J connectivity index is 1.54. The smallest absolute Gasteiger partial charge is 0.327 e. The van der Waals surface area contributed by atoms with Crippen LogP contribution < -0.4 is 16.0 Å². The second kappa shape index (κ2) is 9.10. The summed E-state index contributed by atoms with van der Waals surface area (Å²) in [5.74, 6) is -0.189. The summed E-state index contributed by atoms with van der Waals surface area (Å²) >= 11 is 7.45. The first-order chi connectivity index (χ1) is 15.2. The highest BCUT2D eigenvalue weighted by Gasteiger charge is 2.51. The fraction of sp³-hybridized carbons (Fsp3) is 0.400. The van der Waals surface area contributed by atoms with Crippen LogP contribution in [0.15, 0.2) is 34.9 Å². The van der Waals surface area contributed by atoms with E-state index in [2.05, 4.69) is 21.1 Å². The molecule has 0 radical (unpaired) electrons. The largest absolute Gasteiger partial charge is 0.360 e. The number of nitrogens with zero attached hydrogens (tertiary/aromatic N) is 3. The van der Waals surface area contributed by atoms with Crippen LogP contribution in [-0.2, 0) is 9.59 Å². The topological polar surface area (TPSA) is 120 Å². The number of fused-ring (bicyclic) bond motifs is 1. The lowest BCUT2D eigenvalue weighted by Crippen LogP contribution is -2.72. The van der Waals surface area contributed by atoms with Gasteiger partial charge in [-0.25, -0.2) is 4.79 Å². The van der Waals surface area contributed by atoms with Crippen LogP contribution in [0.1, 0.15) is 17.5 Å². The number of imide groups is 1. The fourth-order valence-electron chi connectivity index (χ4n) is 3.85. The molecule has 0 bridgehead atoms. The summed E-state index contributed by atoms with van der Waals surface area (Å²) in [5, 5.41) is 13.3. The standard InChI is InChI=1S/C20H23ClN6O4S/c1-10-7-13(25-31-10)22-14(28)9-32-18-15-17(26(2)20(30)27(3)19(15)29)23-16(24-18)11-5-4-6-12(21)8-11/h4-8,15-18,23-24H,9H2,1-3H3,(H,22,25,28). The lowest BCUT2D eigenvalue weighted by atomic mass is 9.96. The summed E-state index contributed by atoms with van der Waals surface area (Å²) in [6.45, 7) is 1.73. The van der Waals surface area contributed by atoms with Gasteiger partial charge in [-0.2, -0.15) is 0 Å². The van der Waals surface area contributed by atoms with Gasteiger partial charge in [0.15, 0.2) is 5.82 Å². The van der Waals surface area contributed by atoms with E-state index in [9.17, 15) is 14.4 Å².